The van der Waals surface area contributed by atoms with Gasteiger partial charge in [-0.05, 0) is 38.6 Å². The van der Waals surface area contributed by atoms with E-state index in [2.05, 4.69) is 29.1 Å². The first-order valence-electron chi connectivity index (χ1n) is 9.34. The molecule has 0 spiro atoms. The number of nitrogens with zero attached hydrogens (tertiary/aromatic N) is 4. The average molecular weight is 355 g/mol. The standard InChI is InChI=1S/C18H30BN7/c1-4-13(8-10-22-6-3)11-26-18-15(17(21)23-12-24-18)16(25-26)19-14(5-2)7-9-20/h5,7,9,12-13,19,22H,4,6,8,10-11,20H2,1-3H3,(H2,21,23,24)/b9-7-,14-5+. The monoisotopic (exact) mass is 355 g/mol. The molecule has 0 aliphatic rings. The van der Waals surface area contributed by atoms with E-state index in [1.54, 1.807) is 6.20 Å². The van der Waals surface area contributed by atoms with Crippen LogP contribution in [0.1, 0.15) is 33.6 Å². The molecule has 7 nitrogen and oxygen atoms in total. The molecule has 0 bridgehead atoms. The number of allylic oxidation sites excluding steroid dienone is 3. The molecule has 2 aromatic rings. The highest BCUT2D eigenvalue weighted by Crippen LogP contribution is 2.18. The first-order chi connectivity index (χ1) is 12.6. The van der Waals surface area contributed by atoms with E-state index in [4.69, 9.17) is 16.6 Å². The van der Waals surface area contributed by atoms with Gasteiger partial charge in [0.05, 0.1) is 5.39 Å². The van der Waals surface area contributed by atoms with Crippen LogP contribution in [0.2, 0.25) is 0 Å². The minimum Gasteiger partial charge on any atom is -0.405 e. The number of nitrogens with one attached hydrogen (secondary N) is 1. The molecule has 0 fully saturated rings. The summed E-state index contributed by atoms with van der Waals surface area (Å²) in [5.74, 6) is 1.01. The zero-order valence-corrected chi connectivity index (χ0v) is 16.1. The number of hydrogen-bond acceptors (Lipinski definition) is 6. The number of aromatic nitrogens is 4. The molecule has 2 heterocycles. The molecule has 0 saturated heterocycles. The van der Waals surface area contributed by atoms with Crippen LogP contribution in [0.4, 0.5) is 5.82 Å². The van der Waals surface area contributed by atoms with Gasteiger partial charge in [-0.1, -0.05) is 37.9 Å². The predicted molar refractivity (Wildman–Crippen MR) is 111 cm³/mol. The van der Waals surface area contributed by atoms with Gasteiger partial charge in [-0.25, -0.2) is 14.6 Å². The van der Waals surface area contributed by atoms with Crippen molar-refractivity contribution in [1.29, 1.82) is 0 Å². The lowest BCUT2D eigenvalue weighted by atomic mass is 9.65. The molecule has 0 aliphatic heterocycles. The van der Waals surface area contributed by atoms with Gasteiger partial charge >= 0.3 is 0 Å². The molecule has 2 rings (SSSR count). The van der Waals surface area contributed by atoms with Crippen LogP contribution in [0, 0.1) is 5.92 Å². The van der Waals surface area contributed by atoms with Crippen LogP contribution in [0.3, 0.4) is 0 Å². The van der Waals surface area contributed by atoms with E-state index >= 15 is 0 Å². The van der Waals surface area contributed by atoms with Gasteiger partial charge in [0.15, 0.2) is 5.65 Å². The third-order valence-electron chi connectivity index (χ3n) is 4.67. The minimum absolute atomic E-state index is 0.476. The van der Waals surface area contributed by atoms with Gasteiger partial charge in [-0.15, -0.1) is 0 Å². The van der Waals surface area contributed by atoms with E-state index in [9.17, 15) is 0 Å². The molecule has 26 heavy (non-hydrogen) atoms. The second-order valence-corrected chi connectivity index (χ2v) is 6.40. The van der Waals surface area contributed by atoms with Crippen molar-refractivity contribution in [3.63, 3.8) is 0 Å². The number of fused-ring (bicyclic) bond motifs is 1. The zero-order valence-electron chi connectivity index (χ0n) is 16.1. The third kappa shape index (κ3) is 4.85. The molecule has 140 valence electrons. The molecular formula is C18H30BN7. The summed E-state index contributed by atoms with van der Waals surface area (Å²) in [6.07, 6.45) is 9.17. The van der Waals surface area contributed by atoms with E-state index in [1.807, 2.05) is 23.8 Å². The third-order valence-corrected chi connectivity index (χ3v) is 4.67. The fraction of sp³-hybridized carbons (Fsp3) is 0.500. The number of anilines is 1. The first-order valence-corrected chi connectivity index (χ1v) is 9.34. The minimum atomic E-state index is 0.476. The highest BCUT2D eigenvalue weighted by molar-refractivity contribution is 6.64. The van der Waals surface area contributed by atoms with Gasteiger partial charge in [0, 0.05) is 12.1 Å². The first kappa shape index (κ1) is 20.0. The van der Waals surface area contributed by atoms with E-state index in [0.717, 1.165) is 54.6 Å². The van der Waals surface area contributed by atoms with Crippen molar-refractivity contribution in [2.24, 2.45) is 11.7 Å². The lowest BCUT2D eigenvalue weighted by Crippen LogP contribution is -2.23. The summed E-state index contributed by atoms with van der Waals surface area (Å²) in [7, 11) is 0.652. The Balaban J connectivity index is 2.34. The van der Waals surface area contributed by atoms with E-state index in [1.165, 1.54) is 6.33 Å². The van der Waals surface area contributed by atoms with Crippen molar-refractivity contribution < 1.29 is 0 Å². The maximum Gasteiger partial charge on any atom is 0.219 e. The highest BCUT2D eigenvalue weighted by atomic mass is 15.3. The SMILES string of the molecule is C/C=C(Bc1nn(CC(CC)CCNCC)c2ncnc(N)c12)\C=C/N. The van der Waals surface area contributed by atoms with Crippen LogP contribution < -0.4 is 22.4 Å². The van der Waals surface area contributed by atoms with Gasteiger partial charge in [0.25, 0.3) is 0 Å². The van der Waals surface area contributed by atoms with E-state index in [0.29, 0.717) is 19.0 Å². The quantitative estimate of drug-likeness (QED) is 0.332. The zero-order chi connectivity index (χ0) is 18.9. The van der Waals surface area contributed by atoms with Gasteiger partial charge < -0.3 is 16.8 Å². The molecule has 0 aromatic carbocycles. The van der Waals surface area contributed by atoms with Crippen LogP contribution in [0.5, 0.6) is 0 Å². The fourth-order valence-corrected chi connectivity index (χ4v) is 3.08. The van der Waals surface area contributed by atoms with Crippen molar-refractivity contribution in [1.82, 2.24) is 25.1 Å². The van der Waals surface area contributed by atoms with Crippen LogP contribution >= 0.6 is 0 Å². The normalized spacial score (nSPS) is 13.6. The maximum atomic E-state index is 6.15. The summed E-state index contributed by atoms with van der Waals surface area (Å²) < 4.78 is 1.99. The Morgan fingerprint density at radius 3 is 2.85 bits per heavy atom. The smallest absolute Gasteiger partial charge is 0.219 e. The fourth-order valence-electron chi connectivity index (χ4n) is 3.08. The summed E-state index contributed by atoms with van der Waals surface area (Å²) in [4.78, 5) is 8.62. The van der Waals surface area contributed by atoms with E-state index in [-0.39, 0.29) is 0 Å². The second-order valence-electron chi connectivity index (χ2n) is 6.40. The molecule has 5 N–H and O–H groups in total. The van der Waals surface area contributed by atoms with Crippen LogP contribution in [0.25, 0.3) is 11.0 Å². The van der Waals surface area contributed by atoms with Gasteiger partial charge in [0.2, 0.25) is 7.28 Å². The summed E-state index contributed by atoms with van der Waals surface area (Å²) in [5.41, 5.74) is 14.5. The molecule has 0 amide bonds. The predicted octanol–water partition coefficient (Wildman–Crippen LogP) is 0.872. The number of nitrogen functional groups attached to an aromatic ring is 1. The number of hydrogen-bond donors (Lipinski definition) is 3. The molecule has 1 atom stereocenters. The lowest BCUT2D eigenvalue weighted by molar-refractivity contribution is 0.382. The molecule has 8 heteroatoms. The number of nitrogens with two attached hydrogens (primary N) is 2. The Kier molecular flexibility index (Phi) is 7.65. The summed E-state index contributed by atoms with van der Waals surface area (Å²) in [5, 5.41) is 9.08. The Hall–Kier alpha value is -2.35. The van der Waals surface area contributed by atoms with Crippen LogP contribution in [0.15, 0.2) is 30.2 Å². The maximum absolute atomic E-state index is 6.15. The molecular weight excluding hydrogens is 325 g/mol. The van der Waals surface area contributed by atoms with Crippen molar-refractivity contribution in [2.75, 3.05) is 18.8 Å². The topological polar surface area (TPSA) is 108 Å². The molecule has 1 unspecified atom stereocenters. The Morgan fingerprint density at radius 1 is 1.38 bits per heavy atom. The van der Waals surface area contributed by atoms with Gasteiger partial charge in [0.1, 0.15) is 12.1 Å². The summed E-state index contributed by atoms with van der Waals surface area (Å²) in [6, 6.07) is 0. The summed E-state index contributed by atoms with van der Waals surface area (Å²) >= 11 is 0. The largest absolute Gasteiger partial charge is 0.405 e. The van der Waals surface area contributed by atoms with E-state index < -0.39 is 0 Å². The number of rotatable bonds is 10. The van der Waals surface area contributed by atoms with Crippen molar-refractivity contribution >= 4 is 29.7 Å². The Labute approximate surface area is 156 Å². The van der Waals surface area contributed by atoms with Crippen molar-refractivity contribution in [2.45, 2.75) is 40.2 Å². The molecule has 0 aliphatic carbocycles. The van der Waals surface area contributed by atoms with Gasteiger partial charge in [-0.2, -0.15) is 5.10 Å². The molecule has 0 radical (unpaired) electrons. The lowest BCUT2D eigenvalue weighted by Gasteiger charge is -2.15. The summed E-state index contributed by atoms with van der Waals surface area (Å²) in [6.45, 7) is 9.17. The van der Waals surface area contributed by atoms with Crippen molar-refractivity contribution in [3.8, 4) is 0 Å². The van der Waals surface area contributed by atoms with Crippen LogP contribution in [-0.2, 0) is 6.54 Å². The highest BCUT2D eigenvalue weighted by Gasteiger charge is 2.18. The Bertz CT molecular complexity index is 766. The van der Waals surface area contributed by atoms with Crippen LogP contribution in [-0.4, -0.2) is 40.1 Å². The Morgan fingerprint density at radius 2 is 2.19 bits per heavy atom. The average Bonchev–Trinajstić information content (AvgIpc) is 2.99. The van der Waals surface area contributed by atoms with Gasteiger partial charge in [-0.3, -0.25) is 0 Å². The molecule has 2 aromatic heterocycles. The van der Waals surface area contributed by atoms with Crippen molar-refractivity contribution in [3.05, 3.63) is 30.2 Å². The molecule has 0 saturated carbocycles. The second kappa shape index (κ2) is 9.96.